The van der Waals surface area contributed by atoms with Crippen LogP contribution in [0, 0.1) is 0 Å². The summed E-state index contributed by atoms with van der Waals surface area (Å²) in [6.45, 7) is 0. The van der Waals surface area contributed by atoms with Crippen molar-refractivity contribution in [3.8, 4) is 22.3 Å². The van der Waals surface area contributed by atoms with Crippen molar-refractivity contribution in [1.29, 1.82) is 0 Å². The Labute approximate surface area is 611 Å². The number of rotatable bonds is 10. The normalized spacial score (nSPS) is 13.5. The van der Waals surface area contributed by atoms with E-state index in [1.807, 2.05) is 22.7 Å². The van der Waals surface area contributed by atoms with Crippen LogP contribution in [0.1, 0.15) is 44.5 Å². The molecule has 5 heterocycles. The van der Waals surface area contributed by atoms with E-state index >= 15 is 0 Å². The molecule has 2 aliphatic carbocycles. The molecule has 16 aromatic carbocycles. The molecule has 0 saturated carbocycles. The van der Waals surface area contributed by atoms with Crippen LogP contribution < -0.4 is 9.80 Å². The minimum atomic E-state index is -0.581. The molecule has 2 aliphatic rings. The fourth-order valence-corrected chi connectivity index (χ4v) is 20.8. The lowest BCUT2D eigenvalue weighted by atomic mass is 9.67. The van der Waals surface area contributed by atoms with E-state index in [1.54, 1.807) is 0 Å². The van der Waals surface area contributed by atoms with E-state index in [4.69, 9.17) is 13.3 Å². The lowest BCUT2D eigenvalue weighted by Crippen LogP contribution is -2.28. The topological polar surface area (TPSA) is 45.9 Å². The molecule has 0 aliphatic heterocycles. The maximum absolute atomic E-state index is 7.12. The van der Waals surface area contributed by atoms with Crippen LogP contribution in [0.25, 0.3) is 128 Å². The molecule has 0 atom stereocenters. The Balaban J connectivity index is 0.662. The number of nitrogens with zero attached hydrogens (tertiary/aromatic N) is 2. The fraction of sp³-hybridized carbons (Fsp3) is 0.0204. The Bertz CT molecular complexity index is 6690. The zero-order chi connectivity index (χ0) is 68.6. The van der Waals surface area contributed by atoms with Crippen molar-refractivity contribution in [3.63, 3.8) is 0 Å². The SMILES string of the molecule is c1ccc(C2(c3cccc(N(c4ccc5c(c4)oc4cc6c(cc45)oc4cc5c(cc46)oc4cc(N(c6cccc(C7(c8ccccc8)c8ccccc8-c8ccccc87)c6)c6cccc7c6sc6ccccc67)ccc45)c4cccc5c4sc4ccccc45)c3)c3ccccc3-c3ccccc32)cc1. The summed E-state index contributed by atoms with van der Waals surface area (Å²) >= 11 is 3.68. The second-order valence-corrected chi connectivity index (χ2v) is 30.2. The van der Waals surface area contributed by atoms with Gasteiger partial charge in [0, 0.05) is 98.1 Å². The molecule has 0 bridgehead atoms. The summed E-state index contributed by atoms with van der Waals surface area (Å²) in [5, 5.41) is 10.9. The molecule has 21 aromatic rings. The summed E-state index contributed by atoms with van der Waals surface area (Å²) < 4.78 is 26.2. The van der Waals surface area contributed by atoms with Crippen molar-refractivity contribution in [2.45, 2.75) is 10.8 Å². The lowest BCUT2D eigenvalue weighted by molar-refractivity contribution is 0.662. The zero-order valence-corrected chi connectivity index (χ0v) is 58.1. The summed E-state index contributed by atoms with van der Waals surface area (Å²) in [4.78, 5) is 4.88. The van der Waals surface area contributed by atoms with Crippen molar-refractivity contribution in [2.75, 3.05) is 9.80 Å². The smallest absolute Gasteiger partial charge is 0.137 e. The van der Waals surface area contributed by atoms with Crippen LogP contribution >= 0.6 is 22.7 Å². The monoisotopic (exact) mass is 1370 g/mol. The Morgan fingerprint density at radius 2 is 0.514 bits per heavy atom. The Kier molecular flexibility index (Phi) is 12.4. The van der Waals surface area contributed by atoms with Crippen LogP contribution in [0.15, 0.2) is 365 Å². The van der Waals surface area contributed by atoms with Gasteiger partial charge < -0.3 is 23.1 Å². The molecule has 0 N–H and O–H groups in total. The van der Waals surface area contributed by atoms with E-state index in [2.05, 4.69) is 362 Å². The van der Waals surface area contributed by atoms with Gasteiger partial charge in [-0.15, -0.1) is 22.7 Å². The Hall–Kier alpha value is -13.0. The molecular formula is C98H58N2O3S2. The summed E-state index contributed by atoms with van der Waals surface area (Å²) in [6, 6.07) is 130. The largest absolute Gasteiger partial charge is 0.456 e. The first-order valence-corrected chi connectivity index (χ1v) is 37.5. The average molecular weight is 1380 g/mol. The predicted molar refractivity (Wildman–Crippen MR) is 438 cm³/mol. The summed E-state index contributed by atoms with van der Waals surface area (Å²) in [5.74, 6) is 0. The molecule has 0 saturated heterocycles. The van der Waals surface area contributed by atoms with Crippen molar-refractivity contribution in [3.05, 3.63) is 396 Å². The quantitative estimate of drug-likeness (QED) is 0.137. The first-order chi connectivity index (χ1) is 52.0. The molecule has 0 amide bonds. The van der Waals surface area contributed by atoms with Gasteiger partial charge in [-0.2, -0.15) is 0 Å². The summed E-state index contributed by atoms with van der Waals surface area (Å²) in [7, 11) is 0. The van der Waals surface area contributed by atoms with Gasteiger partial charge >= 0.3 is 0 Å². The number of benzene rings is 16. The second kappa shape index (κ2) is 22.2. The number of anilines is 6. The molecular weight excluding hydrogens is 1320 g/mol. The third-order valence-electron chi connectivity index (χ3n) is 22.8. The highest BCUT2D eigenvalue weighted by molar-refractivity contribution is 7.26. The van der Waals surface area contributed by atoms with E-state index in [1.165, 1.54) is 107 Å². The van der Waals surface area contributed by atoms with Crippen molar-refractivity contribution in [1.82, 2.24) is 0 Å². The molecule has 23 rings (SSSR count). The van der Waals surface area contributed by atoms with Crippen LogP contribution in [0.4, 0.5) is 34.1 Å². The van der Waals surface area contributed by atoms with Gasteiger partial charge in [0.1, 0.15) is 33.5 Å². The van der Waals surface area contributed by atoms with E-state index in [-0.39, 0.29) is 0 Å². The molecule has 5 nitrogen and oxygen atoms in total. The van der Waals surface area contributed by atoms with Gasteiger partial charge in [0.05, 0.1) is 31.6 Å². The third kappa shape index (κ3) is 8.27. The maximum Gasteiger partial charge on any atom is 0.137 e. The van der Waals surface area contributed by atoms with Crippen LogP contribution in [-0.2, 0) is 10.8 Å². The van der Waals surface area contributed by atoms with E-state index < -0.39 is 10.8 Å². The van der Waals surface area contributed by atoms with Crippen LogP contribution in [0.5, 0.6) is 0 Å². The first kappa shape index (κ1) is 58.6. The standard InChI is InChI=1S/C98H58N2O3S2/c1-3-23-59(24-4-1)97(81-39-13-7-31-67(81)68-32-8-14-40-82(68)97)61-27-19-29-63(51-61)99(85-43-21-37-75-73-35-11-17-45-93(73)104-95(75)85)65-47-49-71-77-55-91-79(57-89(77)101-87(71)53-65)80-58-90-78(56-92(80)103-91)72-50-48-66(54-88(72)102-90)100(86-44-22-38-76-74-36-12-18-46-94(74)105-96(76)86)64-30-20-28-62(52-64)98(60-25-5-2-6-26-60)83-41-15-9-33-69(83)70-34-10-16-42-84(70)98/h1-58H. The Morgan fingerprint density at radius 3 is 0.914 bits per heavy atom. The van der Waals surface area contributed by atoms with Crippen molar-refractivity contribution in [2.24, 2.45) is 0 Å². The van der Waals surface area contributed by atoms with Gasteiger partial charge in [-0.25, -0.2) is 0 Å². The van der Waals surface area contributed by atoms with Crippen molar-refractivity contribution >= 4 is 163 Å². The third-order valence-corrected chi connectivity index (χ3v) is 25.2. The fourth-order valence-electron chi connectivity index (χ4n) is 18.4. The average Bonchev–Trinajstić information content (AvgIpc) is 1.56. The highest BCUT2D eigenvalue weighted by Crippen LogP contribution is 2.60. The van der Waals surface area contributed by atoms with Crippen molar-refractivity contribution < 1.29 is 13.3 Å². The highest BCUT2D eigenvalue weighted by atomic mass is 32.1. The second-order valence-electron chi connectivity index (χ2n) is 28.0. The van der Waals surface area contributed by atoms with Crippen LogP contribution in [0.3, 0.4) is 0 Å². The van der Waals surface area contributed by atoms with Gasteiger partial charge in [0.2, 0.25) is 0 Å². The molecule has 5 aromatic heterocycles. The number of thiophene rings is 2. The number of furan rings is 3. The van der Waals surface area contributed by atoms with Gasteiger partial charge in [0.25, 0.3) is 0 Å². The van der Waals surface area contributed by atoms with Gasteiger partial charge in [-0.05, 0) is 164 Å². The molecule has 0 spiro atoms. The molecule has 0 unspecified atom stereocenters. The number of hydrogen-bond acceptors (Lipinski definition) is 7. The predicted octanol–water partition coefficient (Wildman–Crippen LogP) is 27.8. The molecule has 490 valence electrons. The summed E-state index contributed by atoms with van der Waals surface area (Å²) in [5.41, 5.74) is 24.8. The van der Waals surface area contributed by atoms with Crippen LogP contribution in [-0.4, -0.2) is 0 Å². The molecule has 0 fully saturated rings. The van der Waals surface area contributed by atoms with E-state index in [0.717, 1.165) is 99.9 Å². The minimum Gasteiger partial charge on any atom is -0.456 e. The van der Waals surface area contributed by atoms with E-state index in [0.29, 0.717) is 0 Å². The van der Waals surface area contributed by atoms with Crippen LogP contribution in [0.2, 0.25) is 0 Å². The van der Waals surface area contributed by atoms with E-state index in [9.17, 15) is 0 Å². The first-order valence-electron chi connectivity index (χ1n) is 35.8. The number of fused-ring (bicyclic) bond motifs is 21. The molecule has 7 heteroatoms. The lowest BCUT2D eigenvalue weighted by Gasteiger charge is -2.35. The minimum absolute atomic E-state index is 0.581. The maximum atomic E-state index is 7.12. The summed E-state index contributed by atoms with van der Waals surface area (Å²) in [6.07, 6.45) is 0. The van der Waals surface area contributed by atoms with Gasteiger partial charge in [-0.3, -0.25) is 0 Å². The van der Waals surface area contributed by atoms with Gasteiger partial charge in [0.15, 0.2) is 0 Å². The zero-order valence-electron chi connectivity index (χ0n) is 56.4. The van der Waals surface area contributed by atoms with Gasteiger partial charge in [-0.1, -0.05) is 243 Å². The number of hydrogen-bond donors (Lipinski definition) is 0. The Morgan fingerprint density at radius 1 is 0.210 bits per heavy atom. The highest BCUT2D eigenvalue weighted by Gasteiger charge is 2.48. The molecule has 0 radical (unpaired) electrons. The molecule has 105 heavy (non-hydrogen) atoms.